The van der Waals surface area contributed by atoms with Crippen molar-refractivity contribution in [3.63, 3.8) is 0 Å². The maximum atomic E-state index is 11.9. The quantitative estimate of drug-likeness (QED) is 0.550. The molecule has 6 nitrogen and oxygen atoms in total. The second kappa shape index (κ2) is 5.01. The summed E-state index contributed by atoms with van der Waals surface area (Å²) in [7, 11) is 0. The van der Waals surface area contributed by atoms with Gasteiger partial charge in [-0.2, -0.15) is 0 Å². The fraction of sp³-hybridized carbons (Fsp3) is 0.818. The molecule has 1 aliphatic carbocycles. The van der Waals surface area contributed by atoms with E-state index in [1.807, 2.05) is 0 Å². The molecule has 2 atom stereocenters. The maximum absolute atomic E-state index is 11.9. The van der Waals surface area contributed by atoms with Gasteiger partial charge in [0.25, 0.3) is 0 Å². The average molecular weight is 241 g/mol. The van der Waals surface area contributed by atoms with Crippen molar-refractivity contribution in [3.05, 3.63) is 0 Å². The van der Waals surface area contributed by atoms with Crippen LogP contribution >= 0.6 is 0 Å². The van der Waals surface area contributed by atoms with Gasteiger partial charge in [0.15, 0.2) is 0 Å². The highest BCUT2D eigenvalue weighted by Gasteiger charge is 2.37. The van der Waals surface area contributed by atoms with Crippen molar-refractivity contribution >= 4 is 11.8 Å². The summed E-state index contributed by atoms with van der Waals surface area (Å²) in [6, 6.07) is -0.0719. The summed E-state index contributed by atoms with van der Waals surface area (Å²) >= 11 is 0. The zero-order valence-corrected chi connectivity index (χ0v) is 9.76. The highest BCUT2D eigenvalue weighted by Crippen LogP contribution is 2.20. The van der Waals surface area contributed by atoms with Gasteiger partial charge in [-0.1, -0.05) is 0 Å². The first-order valence-corrected chi connectivity index (χ1v) is 6.08. The third kappa shape index (κ3) is 3.17. The van der Waals surface area contributed by atoms with Crippen LogP contribution in [0.5, 0.6) is 0 Å². The van der Waals surface area contributed by atoms with Crippen LogP contribution < -0.4 is 11.1 Å². The lowest BCUT2D eigenvalue weighted by Crippen LogP contribution is -2.44. The number of nitrogens with two attached hydrogens (primary N) is 1. The minimum absolute atomic E-state index is 0.112. The van der Waals surface area contributed by atoms with Crippen LogP contribution in [-0.4, -0.2) is 53.1 Å². The van der Waals surface area contributed by atoms with Gasteiger partial charge in [0.1, 0.15) is 6.04 Å². The Hall–Kier alpha value is -1.14. The summed E-state index contributed by atoms with van der Waals surface area (Å²) in [5.41, 5.74) is 5.22. The molecule has 1 saturated heterocycles. The molecule has 2 rings (SSSR count). The second-order valence-electron chi connectivity index (χ2n) is 4.83. The van der Waals surface area contributed by atoms with Crippen molar-refractivity contribution in [2.45, 2.75) is 43.9 Å². The van der Waals surface area contributed by atoms with E-state index in [2.05, 4.69) is 5.32 Å². The zero-order chi connectivity index (χ0) is 12.4. The minimum atomic E-state index is -0.640. The second-order valence-corrected chi connectivity index (χ2v) is 4.83. The summed E-state index contributed by atoms with van der Waals surface area (Å²) in [6.45, 7) is 0.845. The van der Waals surface area contributed by atoms with Crippen molar-refractivity contribution in [2.75, 3.05) is 13.1 Å². The van der Waals surface area contributed by atoms with Gasteiger partial charge in [-0.15, -0.1) is 0 Å². The summed E-state index contributed by atoms with van der Waals surface area (Å²) in [6.07, 6.45) is 2.35. The van der Waals surface area contributed by atoms with Crippen molar-refractivity contribution in [1.82, 2.24) is 10.2 Å². The number of likely N-dealkylation sites (tertiary alicyclic amines) is 1. The molecule has 2 amide bonds. The Bertz CT molecular complexity index is 317. The van der Waals surface area contributed by atoms with E-state index < -0.39 is 18.1 Å². The number of amides is 2. The number of aliphatic hydroxyl groups excluding tert-OH is 1. The number of carbonyl (C=O) groups excluding carboxylic acids is 2. The SMILES string of the molecule is NC(=O)C1CC(O)CN1C(=O)CCNC1CC1. The predicted octanol–water partition coefficient (Wildman–Crippen LogP) is -1.42. The number of carbonyl (C=O) groups is 2. The van der Waals surface area contributed by atoms with Gasteiger partial charge in [-0.05, 0) is 12.8 Å². The Morgan fingerprint density at radius 2 is 2.12 bits per heavy atom. The highest BCUT2D eigenvalue weighted by atomic mass is 16.3. The summed E-state index contributed by atoms with van der Waals surface area (Å²) < 4.78 is 0. The number of hydrogen-bond acceptors (Lipinski definition) is 4. The van der Waals surface area contributed by atoms with Crippen LogP contribution in [-0.2, 0) is 9.59 Å². The molecule has 0 radical (unpaired) electrons. The topological polar surface area (TPSA) is 95.7 Å². The van der Waals surface area contributed by atoms with Gasteiger partial charge in [0.05, 0.1) is 6.10 Å². The average Bonchev–Trinajstić information content (AvgIpc) is 2.99. The molecule has 2 aliphatic rings. The normalized spacial score (nSPS) is 28.4. The molecule has 4 N–H and O–H groups in total. The Kier molecular flexibility index (Phi) is 3.63. The smallest absolute Gasteiger partial charge is 0.240 e. The van der Waals surface area contributed by atoms with Crippen molar-refractivity contribution in [1.29, 1.82) is 0 Å². The van der Waals surface area contributed by atoms with E-state index in [0.717, 1.165) is 0 Å². The first kappa shape index (κ1) is 12.3. The molecule has 1 heterocycles. The van der Waals surface area contributed by atoms with Crippen molar-refractivity contribution < 1.29 is 14.7 Å². The van der Waals surface area contributed by atoms with E-state index in [0.29, 0.717) is 19.0 Å². The number of β-amino-alcohol motifs (C(OH)–C–C–N with tert-alkyl or cyclic N) is 1. The molecule has 0 spiro atoms. The molecular weight excluding hydrogens is 222 g/mol. The van der Waals surface area contributed by atoms with Gasteiger partial charge >= 0.3 is 0 Å². The number of primary amides is 1. The molecule has 0 bridgehead atoms. The number of nitrogens with zero attached hydrogens (tertiary/aromatic N) is 1. The molecule has 17 heavy (non-hydrogen) atoms. The fourth-order valence-electron chi connectivity index (χ4n) is 2.17. The van der Waals surface area contributed by atoms with Crippen molar-refractivity contribution in [2.24, 2.45) is 5.73 Å². The van der Waals surface area contributed by atoms with Gasteiger partial charge < -0.3 is 21.1 Å². The van der Waals surface area contributed by atoms with Crippen LogP contribution in [0.4, 0.5) is 0 Å². The largest absolute Gasteiger partial charge is 0.391 e. The third-order valence-electron chi connectivity index (χ3n) is 3.28. The Morgan fingerprint density at radius 3 is 2.71 bits per heavy atom. The van der Waals surface area contributed by atoms with Gasteiger partial charge in [-0.3, -0.25) is 9.59 Å². The molecule has 1 saturated carbocycles. The van der Waals surface area contributed by atoms with E-state index in [9.17, 15) is 14.7 Å². The molecule has 0 aromatic carbocycles. The molecule has 96 valence electrons. The van der Waals surface area contributed by atoms with Crippen LogP contribution in [0.15, 0.2) is 0 Å². The van der Waals surface area contributed by atoms with Gasteiger partial charge in [0, 0.05) is 32.0 Å². The number of hydrogen-bond donors (Lipinski definition) is 3. The monoisotopic (exact) mass is 241 g/mol. The lowest BCUT2D eigenvalue weighted by molar-refractivity contribution is -0.137. The predicted molar refractivity (Wildman–Crippen MR) is 61.0 cm³/mol. The van der Waals surface area contributed by atoms with E-state index in [1.54, 1.807) is 0 Å². The maximum Gasteiger partial charge on any atom is 0.240 e. The summed E-state index contributed by atoms with van der Waals surface area (Å²) in [5, 5.41) is 12.7. The first-order valence-electron chi connectivity index (χ1n) is 6.08. The fourth-order valence-corrected chi connectivity index (χ4v) is 2.17. The van der Waals surface area contributed by atoms with Crippen LogP contribution in [0, 0.1) is 0 Å². The minimum Gasteiger partial charge on any atom is -0.391 e. The first-order chi connectivity index (χ1) is 8.08. The van der Waals surface area contributed by atoms with E-state index >= 15 is 0 Å². The number of aliphatic hydroxyl groups is 1. The Labute approximate surface area is 100 Å². The lowest BCUT2D eigenvalue weighted by atomic mass is 10.2. The molecule has 2 unspecified atom stereocenters. The van der Waals surface area contributed by atoms with E-state index in [4.69, 9.17) is 5.73 Å². The van der Waals surface area contributed by atoms with Crippen LogP contribution in [0.2, 0.25) is 0 Å². The molecule has 0 aromatic heterocycles. The van der Waals surface area contributed by atoms with Gasteiger partial charge in [-0.25, -0.2) is 0 Å². The van der Waals surface area contributed by atoms with Crippen molar-refractivity contribution in [3.8, 4) is 0 Å². The molecule has 1 aliphatic heterocycles. The van der Waals surface area contributed by atoms with Gasteiger partial charge in [0.2, 0.25) is 11.8 Å². The van der Waals surface area contributed by atoms with Crippen LogP contribution in [0.3, 0.4) is 0 Å². The van der Waals surface area contributed by atoms with Crippen LogP contribution in [0.25, 0.3) is 0 Å². The van der Waals surface area contributed by atoms with E-state index in [-0.39, 0.29) is 18.9 Å². The lowest BCUT2D eigenvalue weighted by Gasteiger charge is -2.21. The summed E-state index contributed by atoms with van der Waals surface area (Å²) in [4.78, 5) is 24.4. The zero-order valence-electron chi connectivity index (χ0n) is 9.76. The Morgan fingerprint density at radius 1 is 1.41 bits per heavy atom. The third-order valence-corrected chi connectivity index (χ3v) is 3.28. The highest BCUT2D eigenvalue weighted by molar-refractivity contribution is 5.87. The molecule has 0 aromatic rings. The standard InChI is InChI=1S/C11H19N3O3/c12-11(17)9-5-8(15)6-14(9)10(16)3-4-13-7-1-2-7/h7-9,13,15H,1-6H2,(H2,12,17). The molecular formula is C11H19N3O3. The number of rotatable bonds is 5. The Balaban J connectivity index is 1.81. The summed E-state index contributed by atoms with van der Waals surface area (Å²) in [5.74, 6) is -0.649. The molecule has 6 heteroatoms. The van der Waals surface area contributed by atoms with Crippen LogP contribution in [0.1, 0.15) is 25.7 Å². The number of nitrogens with one attached hydrogen (secondary N) is 1. The molecule has 2 fully saturated rings. The van der Waals surface area contributed by atoms with E-state index in [1.165, 1.54) is 17.7 Å².